The van der Waals surface area contributed by atoms with E-state index in [0.717, 1.165) is 19.0 Å². The van der Waals surface area contributed by atoms with Crippen LogP contribution >= 0.6 is 18.2 Å². The number of halogens is 1. The molecule has 544 valence electrons. The van der Waals surface area contributed by atoms with E-state index in [2.05, 4.69) is 234 Å². The maximum absolute atomic E-state index is 11.7. The lowest BCUT2D eigenvalue weighted by Crippen LogP contribution is -2.67. The number of rotatable bonds is 17. The second-order valence-electron chi connectivity index (χ2n) is 32.5. The summed E-state index contributed by atoms with van der Waals surface area (Å²) in [5, 5.41) is 18.6. The number of ether oxygens (including phenoxy) is 9. The van der Waals surface area contributed by atoms with Gasteiger partial charge in [0.05, 0.1) is 32.1 Å². The lowest BCUT2D eigenvalue weighted by molar-refractivity contribution is -0.220. The van der Waals surface area contributed by atoms with Gasteiger partial charge in [0, 0.05) is 30.5 Å². The van der Waals surface area contributed by atoms with Crippen LogP contribution in [-0.2, 0) is 56.0 Å². The molecule has 6 aliphatic rings. The molecule has 13 nitrogen and oxygen atoms in total. The fourth-order valence-electron chi connectivity index (χ4n) is 15.2. The van der Waals surface area contributed by atoms with E-state index in [0.29, 0.717) is 12.5 Å². The summed E-state index contributed by atoms with van der Waals surface area (Å²) >= 11 is 7.21. The van der Waals surface area contributed by atoms with Crippen molar-refractivity contribution in [2.75, 3.05) is 32.7 Å². The molecule has 6 fully saturated rings. The first-order valence-corrected chi connectivity index (χ1v) is 45.0. The van der Waals surface area contributed by atoms with Crippen molar-refractivity contribution in [1.29, 1.82) is 0 Å². The lowest BCUT2D eigenvalue weighted by atomic mass is 9.97. The van der Waals surface area contributed by atoms with E-state index < -0.39 is 67.0 Å². The molecule has 99 heavy (non-hydrogen) atoms. The van der Waals surface area contributed by atoms with Crippen LogP contribution in [-0.4, -0.2) is 141 Å². The number of hydrogen-bond donors (Lipinski definition) is 1. The molecular formula is C81H118ClO13PSi3. The molecule has 0 spiro atoms. The zero-order valence-corrected chi connectivity index (χ0v) is 66.7. The van der Waals surface area contributed by atoms with Gasteiger partial charge < -0.3 is 61.2 Å². The second kappa shape index (κ2) is 32.2. The SMILES string of the molecule is C.CC(C)(C)[Si](Cl)(c1ccccc1)c1ccccc1.C[C@H]1[C@H]2OC(C)(C)O[C@H]2O[C@@H]1C(O)CO[Si](c1ccccc1)(c1ccccc1)C(C)(C)C.C[C@H]1[C@H]2OC(C)(C)O[C@H]2O[C@@H]1CCO[Si](c1ccccc1)(c1ccccc1)C(C)(C)C.C[C@H]1[C@H]2OC(C)(C)O[C@H]2O[C@@H]1CCP(C)(C)=O. The maximum Gasteiger partial charge on any atom is 0.261 e. The van der Waals surface area contributed by atoms with Crippen molar-refractivity contribution in [3.05, 3.63) is 182 Å². The van der Waals surface area contributed by atoms with Crippen molar-refractivity contribution in [2.24, 2.45) is 17.8 Å². The molecule has 12 rings (SSSR count). The predicted octanol–water partition coefficient (Wildman–Crippen LogP) is 14.8. The molecule has 6 aromatic carbocycles. The van der Waals surface area contributed by atoms with E-state index in [4.69, 9.17) is 62.6 Å². The number of aliphatic hydroxyl groups excluding tert-OH is 1. The number of hydrogen-bond acceptors (Lipinski definition) is 13. The molecule has 6 aromatic rings. The van der Waals surface area contributed by atoms with Gasteiger partial charge in [-0.1, -0.05) is 273 Å². The molecule has 13 atom stereocenters. The van der Waals surface area contributed by atoms with Crippen molar-refractivity contribution < 1.29 is 61.2 Å². The third-order valence-electron chi connectivity index (χ3n) is 20.2. The van der Waals surface area contributed by atoms with Crippen molar-refractivity contribution in [2.45, 2.75) is 239 Å². The van der Waals surface area contributed by atoms with Crippen LogP contribution in [0, 0.1) is 17.8 Å². The van der Waals surface area contributed by atoms with Crippen LogP contribution in [0.3, 0.4) is 0 Å². The Balaban J connectivity index is 0.000000174. The molecule has 0 amide bonds. The van der Waals surface area contributed by atoms with E-state index in [1.54, 1.807) is 0 Å². The number of fused-ring (bicyclic) bond motifs is 3. The fourth-order valence-corrected chi connectivity index (χ4v) is 29.4. The molecular weight excluding hydrogens is 1330 g/mol. The van der Waals surface area contributed by atoms with Crippen molar-refractivity contribution in [3.63, 3.8) is 0 Å². The maximum atomic E-state index is 11.7. The average molecular weight is 1450 g/mol. The summed E-state index contributed by atoms with van der Waals surface area (Å²) in [7, 11) is -9.42. The first-order chi connectivity index (χ1) is 45.8. The van der Waals surface area contributed by atoms with Crippen LogP contribution in [0.5, 0.6) is 0 Å². The summed E-state index contributed by atoms with van der Waals surface area (Å²) in [5.41, 5.74) is 0. The van der Waals surface area contributed by atoms with Crippen LogP contribution in [0.2, 0.25) is 15.1 Å². The molecule has 0 saturated carbocycles. The Morgan fingerprint density at radius 1 is 0.444 bits per heavy atom. The Labute approximate surface area is 602 Å². The lowest BCUT2D eigenvalue weighted by Gasteiger charge is -2.43. The molecule has 1 unspecified atom stereocenters. The summed E-state index contributed by atoms with van der Waals surface area (Å²) in [6, 6.07) is 63.5. The van der Waals surface area contributed by atoms with E-state index in [1.807, 2.05) is 86.1 Å². The minimum absolute atomic E-state index is 0. The van der Waals surface area contributed by atoms with Gasteiger partial charge in [0.1, 0.15) is 24.4 Å². The quantitative estimate of drug-likeness (QED) is 0.0527. The molecule has 0 radical (unpaired) electrons. The monoisotopic (exact) mass is 1450 g/mol. The summed E-state index contributed by atoms with van der Waals surface area (Å²) in [6.45, 7) is 42.7. The van der Waals surface area contributed by atoms with Gasteiger partial charge in [-0.3, -0.25) is 0 Å². The molecule has 6 saturated heterocycles. The zero-order valence-electron chi connectivity index (χ0n) is 62.0. The highest BCUT2D eigenvalue weighted by Gasteiger charge is 2.58. The summed E-state index contributed by atoms with van der Waals surface area (Å²) in [5.74, 6) is -1.20. The minimum atomic E-state index is -2.71. The van der Waals surface area contributed by atoms with E-state index >= 15 is 0 Å². The van der Waals surface area contributed by atoms with Gasteiger partial charge in [-0.2, -0.15) is 11.1 Å². The highest BCUT2D eigenvalue weighted by Crippen LogP contribution is 2.47. The standard InChI is InChI=1S/C26H36O5Si.C26H36O4Si.C16H19ClSi.C12H23O4P.CH4/c1-18-22(29-24-23(18)30-26(5,6)31-24)21(27)17-28-32(25(2,3)4,19-13-9-7-10-14-19)20-15-11-8-12-16-20;1-19-22(28-24-23(19)29-26(5,6)30-24)17-18-27-31(25(2,3)4,20-13-9-7-10-14-20)21-15-11-8-12-16-21;1-16(2,3)18(17,14-10-6-4-7-11-14)15-12-8-5-9-13-15;1-8-9(6-7-17(4,5)13)14-11-10(8)15-12(2,3)16-11;/h7-16,18,21-24,27H,17H2,1-6H3;7-16,19,22-24H,17-18H2,1-6H3;4-13H,1-3H3;8-11H,6-7H2,1-5H3;1H4/t18-,21?,22+,23-,24-;19-,22-,23-,24-;;8-,9-,10-,11-;/m11.1./s1. The van der Waals surface area contributed by atoms with Gasteiger partial charge in [0.2, 0.25) is 7.38 Å². The van der Waals surface area contributed by atoms with Crippen LogP contribution in [0.1, 0.15) is 145 Å². The van der Waals surface area contributed by atoms with E-state index in [1.165, 1.54) is 31.1 Å². The number of aliphatic hydroxyl groups is 1. The Morgan fingerprint density at radius 2 is 0.737 bits per heavy atom. The van der Waals surface area contributed by atoms with Crippen LogP contribution < -0.4 is 31.1 Å². The predicted molar refractivity (Wildman–Crippen MR) is 410 cm³/mol. The normalized spacial score (nSPS) is 27.2. The summed E-state index contributed by atoms with van der Waals surface area (Å²) in [4.78, 5) is 0. The van der Waals surface area contributed by atoms with Gasteiger partial charge in [0.15, 0.2) is 36.2 Å². The van der Waals surface area contributed by atoms with Crippen molar-refractivity contribution in [3.8, 4) is 0 Å². The van der Waals surface area contributed by atoms with Crippen molar-refractivity contribution in [1.82, 2.24) is 0 Å². The van der Waals surface area contributed by atoms with Crippen LogP contribution in [0.4, 0.5) is 0 Å². The van der Waals surface area contributed by atoms with E-state index in [9.17, 15) is 9.67 Å². The second-order valence-corrected chi connectivity index (χ2v) is 50.4. The molecule has 0 bridgehead atoms. The van der Waals surface area contributed by atoms with Gasteiger partial charge in [-0.05, 0) is 114 Å². The van der Waals surface area contributed by atoms with Crippen LogP contribution in [0.25, 0.3) is 0 Å². The Bertz CT molecular complexity index is 3380. The number of benzene rings is 6. The van der Waals surface area contributed by atoms with Gasteiger partial charge in [-0.25, -0.2) is 0 Å². The zero-order chi connectivity index (χ0) is 71.5. The van der Waals surface area contributed by atoms with E-state index in [-0.39, 0.29) is 84.1 Å². The fraction of sp³-hybridized carbons (Fsp3) is 0.556. The molecule has 0 aliphatic carbocycles. The van der Waals surface area contributed by atoms with Gasteiger partial charge in [-0.15, -0.1) is 0 Å². The highest BCUT2D eigenvalue weighted by molar-refractivity contribution is 7.62. The minimum Gasteiger partial charge on any atom is -0.407 e. The van der Waals surface area contributed by atoms with Crippen molar-refractivity contribution >= 4 is 73.4 Å². The highest BCUT2D eigenvalue weighted by atomic mass is 35.6. The third-order valence-corrected chi connectivity index (χ3v) is 38.9. The molecule has 6 heterocycles. The first-order valence-electron chi connectivity index (χ1n) is 35.4. The van der Waals surface area contributed by atoms with Crippen LogP contribution in [0.15, 0.2) is 182 Å². The summed E-state index contributed by atoms with van der Waals surface area (Å²) < 4.78 is 79.2. The molecule has 0 aromatic heterocycles. The Kier molecular flexibility index (Phi) is 26.2. The molecule has 6 aliphatic heterocycles. The smallest absolute Gasteiger partial charge is 0.261 e. The summed E-state index contributed by atoms with van der Waals surface area (Å²) in [6.07, 6.45) is 0.217. The van der Waals surface area contributed by atoms with Gasteiger partial charge >= 0.3 is 0 Å². The topological polar surface area (TPSA) is 139 Å². The third kappa shape index (κ3) is 18.4. The molecule has 1 N–H and O–H groups in total. The first kappa shape index (κ1) is 80.7. The Hall–Kier alpha value is -3.99. The van der Waals surface area contributed by atoms with Gasteiger partial charge in [0.25, 0.3) is 16.6 Å². The Morgan fingerprint density at radius 3 is 1.03 bits per heavy atom. The average Bonchev–Trinajstić information content (AvgIpc) is 1.05. The largest absolute Gasteiger partial charge is 0.407 e. The molecule has 18 heteroatoms.